The Hall–Kier alpha value is -3.03. The lowest BCUT2D eigenvalue weighted by atomic mass is 10.0. The van der Waals surface area contributed by atoms with Crippen molar-refractivity contribution in [2.75, 3.05) is 26.4 Å². The van der Waals surface area contributed by atoms with Crippen LogP contribution in [0.4, 0.5) is 14.6 Å². The number of nitrogen functional groups attached to an aromatic ring is 1. The van der Waals surface area contributed by atoms with E-state index >= 15 is 0 Å². The van der Waals surface area contributed by atoms with Gasteiger partial charge in [0.1, 0.15) is 12.0 Å². The van der Waals surface area contributed by atoms with Crippen LogP contribution in [0.5, 0.6) is 5.75 Å². The maximum absolute atomic E-state index is 14.5. The monoisotopic (exact) mass is 390 g/mol. The lowest BCUT2D eigenvalue weighted by Crippen LogP contribution is -2.21. The van der Waals surface area contributed by atoms with Crippen molar-refractivity contribution >= 4 is 18.2 Å². The second-order valence-corrected chi connectivity index (χ2v) is 6.37. The molecule has 1 aromatic heterocycles. The number of aromatic nitrogens is 2. The third kappa shape index (κ3) is 5.25. The first-order valence-corrected chi connectivity index (χ1v) is 8.87. The van der Waals surface area contributed by atoms with E-state index in [4.69, 9.17) is 10.5 Å². The zero-order chi connectivity index (χ0) is 20.7. The fourth-order valence-corrected chi connectivity index (χ4v) is 2.68. The summed E-state index contributed by atoms with van der Waals surface area (Å²) in [4.78, 5) is 21.1. The molecule has 1 aromatic carbocycles. The van der Waals surface area contributed by atoms with E-state index in [2.05, 4.69) is 9.97 Å². The fourth-order valence-electron chi connectivity index (χ4n) is 2.68. The van der Waals surface area contributed by atoms with Crippen LogP contribution in [0.25, 0.3) is 17.5 Å². The number of anilines is 1. The molecule has 0 aliphatic rings. The lowest BCUT2D eigenvalue weighted by molar-refractivity contribution is 0.112. The average Bonchev–Trinajstić information content (AvgIpc) is 2.66. The van der Waals surface area contributed by atoms with Crippen LogP contribution in [0.3, 0.4) is 0 Å². The van der Waals surface area contributed by atoms with Crippen LogP contribution >= 0.6 is 0 Å². The van der Waals surface area contributed by atoms with E-state index in [9.17, 15) is 13.6 Å². The molecule has 0 amide bonds. The Morgan fingerprint density at radius 1 is 1.36 bits per heavy atom. The first-order valence-electron chi connectivity index (χ1n) is 8.87. The number of halogens is 2. The van der Waals surface area contributed by atoms with Crippen LogP contribution in [0.1, 0.15) is 35.7 Å². The molecule has 0 saturated carbocycles. The van der Waals surface area contributed by atoms with E-state index in [1.54, 1.807) is 24.2 Å². The van der Waals surface area contributed by atoms with Crippen LogP contribution in [0.2, 0.25) is 0 Å². The van der Waals surface area contributed by atoms with Gasteiger partial charge in [-0.25, -0.2) is 18.7 Å². The van der Waals surface area contributed by atoms with Gasteiger partial charge in [-0.05, 0) is 36.4 Å². The Bertz CT molecular complexity index is 858. The molecule has 0 radical (unpaired) electrons. The van der Waals surface area contributed by atoms with Gasteiger partial charge in [0.15, 0.2) is 23.7 Å². The number of benzene rings is 1. The van der Waals surface area contributed by atoms with Gasteiger partial charge in [-0.1, -0.05) is 13.3 Å². The Morgan fingerprint density at radius 2 is 2.11 bits per heavy atom. The van der Waals surface area contributed by atoms with Gasteiger partial charge in [-0.2, -0.15) is 0 Å². The molecule has 1 unspecified atom stereocenters. The highest BCUT2D eigenvalue weighted by atomic mass is 19.1. The van der Waals surface area contributed by atoms with Crippen molar-refractivity contribution in [1.82, 2.24) is 14.9 Å². The zero-order valence-electron chi connectivity index (χ0n) is 16.2. The molecule has 2 aromatic rings. The molecule has 0 spiro atoms. The summed E-state index contributed by atoms with van der Waals surface area (Å²) in [5, 5.41) is 0. The number of carbonyl (C=O) groups is 1. The molecule has 1 heterocycles. The fraction of sp³-hybridized carbons (Fsp3) is 0.350. The summed E-state index contributed by atoms with van der Waals surface area (Å²) in [6, 6.07) is 2.57. The SMILES string of the molecule is CCCC(F)CN(C)/C=C\c1cc(-c2ncc(OC)c(N)n2)c(F)cc1C=O. The van der Waals surface area contributed by atoms with Gasteiger partial charge in [-0.3, -0.25) is 4.79 Å². The second kappa shape index (κ2) is 9.77. The Kier molecular flexibility index (Phi) is 7.43. The molecule has 2 rings (SSSR count). The van der Waals surface area contributed by atoms with Gasteiger partial charge in [0.2, 0.25) is 0 Å². The molecule has 0 bridgehead atoms. The summed E-state index contributed by atoms with van der Waals surface area (Å²) in [5.74, 6) is -0.219. The highest BCUT2D eigenvalue weighted by molar-refractivity contribution is 5.84. The molecule has 2 N–H and O–H groups in total. The van der Waals surface area contributed by atoms with Crippen molar-refractivity contribution in [2.24, 2.45) is 0 Å². The van der Waals surface area contributed by atoms with Gasteiger partial charge >= 0.3 is 0 Å². The van der Waals surface area contributed by atoms with Crippen molar-refractivity contribution in [1.29, 1.82) is 0 Å². The summed E-state index contributed by atoms with van der Waals surface area (Å²) >= 11 is 0. The number of hydrogen-bond acceptors (Lipinski definition) is 6. The van der Waals surface area contributed by atoms with Gasteiger partial charge < -0.3 is 15.4 Å². The summed E-state index contributed by atoms with van der Waals surface area (Å²) in [7, 11) is 3.16. The highest BCUT2D eigenvalue weighted by Crippen LogP contribution is 2.27. The third-order valence-electron chi connectivity index (χ3n) is 4.14. The van der Waals surface area contributed by atoms with Gasteiger partial charge in [0.25, 0.3) is 0 Å². The van der Waals surface area contributed by atoms with E-state index in [0.717, 1.165) is 12.5 Å². The molecule has 28 heavy (non-hydrogen) atoms. The van der Waals surface area contributed by atoms with Crippen LogP contribution in [0, 0.1) is 5.82 Å². The molecule has 0 aliphatic heterocycles. The van der Waals surface area contributed by atoms with Crippen LogP contribution < -0.4 is 10.5 Å². The van der Waals surface area contributed by atoms with Crippen LogP contribution in [-0.4, -0.2) is 48.0 Å². The number of aldehydes is 1. The predicted octanol–water partition coefficient (Wildman–Crippen LogP) is 3.73. The molecule has 0 fully saturated rings. The molecular formula is C20H24F2N4O2. The van der Waals surface area contributed by atoms with E-state index in [0.29, 0.717) is 18.3 Å². The number of ether oxygens (including phenoxy) is 1. The Balaban J connectivity index is 2.34. The highest BCUT2D eigenvalue weighted by Gasteiger charge is 2.14. The summed E-state index contributed by atoms with van der Waals surface area (Å²) in [5.41, 5.74) is 6.49. The Morgan fingerprint density at radius 3 is 2.71 bits per heavy atom. The van der Waals surface area contributed by atoms with Crippen molar-refractivity contribution in [3.05, 3.63) is 41.5 Å². The number of hydrogen-bond donors (Lipinski definition) is 1. The first kappa shape index (κ1) is 21.3. The molecule has 150 valence electrons. The number of methoxy groups -OCH3 is 1. The number of nitrogens with zero attached hydrogens (tertiary/aromatic N) is 3. The van der Waals surface area contributed by atoms with E-state index in [1.807, 2.05) is 6.92 Å². The second-order valence-electron chi connectivity index (χ2n) is 6.37. The molecule has 1 atom stereocenters. The molecule has 0 saturated heterocycles. The van der Waals surface area contributed by atoms with Crippen molar-refractivity contribution in [2.45, 2.75) is 25.9 Å². The molecule has 8 heteroatoms. The topological polar surface area (TPSA) is 81.3 Å². The van der Waals surface area contributed by atoms with Gasteiger partial charge in [-0.15, -0.1) is 0 Å². The number of nitrogens with two attached hydrogens (primary N) is 1. The summed E-state index contributed by atoms with van der Waals surface area (Å²) in [6.45, 7) is 2.15. The average molecular weight is 390 g/mol. The summed E-state index contributed by atoms with van der Waals surface area (Å²) < 4.78 is 33.2. The number of carbonyl (C=O) groups excluding carboxylic acids is 1. The molecular weight excluding hydrogens is 366 g/mol. The Labute approximate surface area is 163 Å². The van der Waals surface area contributed by atoms with Gasteiger partial charge in [0, 0.05) is 19.2 Å². The molecule has 6 nitrogen and oxygen atoms in total. The maximum Gasteiger partial charge on any atom is 0.179 e. The standard InChI is InChI=1S/C20H24F2N4O2/c1-4-5-15(21)11-26(2)7-6-13-8-16(17(22)9-14(13)12-27)20-24-10-18(28-3)19(23)25-20/h6-10,12,15H,4-5,11H2,1-3H3,(H2,23,24,25)/b7-6-. The minimum atomic E-state index is -0.940. The predicted molar refractivity (Wildman–Crippen MR) is 105 cm³/mol. The molecule has 0 aliphatic carbocycles. The lowest BCUT2D eigenvalue weighted by Gasteiger charge is -2.17. The summed E-state index contributed by atoms with van der Waals surface area (Å²) in [6.07, 6.45) is 5.49. The first-order chi connectivity index (χ1) is 13.4. The minimum absolute atomic E-state index is 0.0722. The van der Waals surface area contributed by atoms with Crippen LogP contribution in [0.15, 0.2) is 24.5 Å². The van der Waals surface area contributed by atoms with Gasteiger partial charge in [0.05, 0.1) is 18.9 Å². The van der Waals surface area contributed by atoms with Crippen LogP contribution in [-0.2, 0) is 0 Å². The smallest absolute Gasteiger partial charge is 0.179 e. The number of alkyl halides is 1. The van der Waals surface area contributed by atoms with E-state index in [1.165, 1.54) is 19.4 Å². The third-order valence-corrected chi connectivity index (χ3v) is 4.14. The quantitative estimate of drug-likeness (QED) is 0.657. The normalized spacial score (nSPS) is 12.2. The zero-order valence-corrected chi connectivity index (χ0v) is 16.2. The van der Waals surface area contributed by atoms with E-state index in [-0.39, 0.29) is 35.1 Å². The minimum Gasteiger partial charge on any atom is -0.491 e. The van der Waals surface area contributed by atoms with Crippen molar-refractivity contribution in [3.8, 4) is 17.1 Å². The largest absolute Gasteiger partial charge is 0.491 e. The van der Waals surface area contributed by atoms with Crippen molar-refractivity contribution < 1.29 is 18.3 Å². The van der Waals surface area contributed by atoms with E-state index < -0.39 is 12.0 Å². The number of rotatable bonds is 9. The maximum atomic E-state index is 14.5. The van der Waals surface area contributed by atoms with Crippen molar-refractivity contribution in [3.63, 3.8) is 0 Å².